The number of esters is 1. The monoisotopic (exact) mass is 549 g/mol. The van der Waals surface area contributed by atoms with Crippen LogP contribution in [0.3, 0.4) is 0 Å². The van der Waals surface area contributed by atoms with Gasteiger partial charge in [-0.1, -0.05) is 0 Å². The number of anilines is 4. The number of benzene rings is 2. The van der Waals surface area contributed by atoms with E-state index in [1.54, 1.807) is 44.3 Å². The quantitative estimate of drug-likeness (QED) is 0.240. The molecule has 2 heterocycles. The molecule has 4 aromatic rings. The van der Waals surface area contributed by atoms with E-state index in [9.17, 15) is 22.8 Å². The van der Waals surface area contributed by atoms with Crippen molar-refractivity contribution in [1.82, 2.24) is 15.0 Å². The number of fused-ring (bicyclic) bond motifs is 1. The molecule has 2 aromatic carbocycles. The molecular formula is C25H26F3N5O6. The van der Waals surface area contributed by atoms with Gasteiger partial charge in [-0.25, -0.2) is 14.6 Å². The van der Waals surface area contributed by atoms with Crippen molar-refractivity contribution in [3.63, 3.8) is 0 Å². The number of methoxy groups -OCH3 is 1. The number of aromatic amines is 1. The lowest BCUT2D eigenvalue weighted by Crippen LogP contribution is -2.25. The predicted octanol–water partition coefficient (Wildman–Crippen LogP) is 4.63. The molecule has 0 aliphatic rings. The molecule has 0 aliphatic heterocycles. The number of aryl methyl sites for hydroxylation is 2. The molecule has 0 saturated carbocycles. The lowest BCUT2D eigenvalue weighted by molar-refractivity contribution is -0.201. The molecule has 2 aromatic heterocycles. The van der Waals surface area contributed by atoms with E-state index in [1.807, 2.05) is 6.92 Å². The summed E-state index contributed by atoms with van der Waals surface area (Å²) in [6.07, 6.45) is -3.48. The van der Waals surface area contributed by atoms with E-state index in [0.717, 1.165) is 5.56 Å². The van der Waals surface area contributed by atoms with E-state index in [-0.39, 0.29) is 18.3 Å². The minimum absolute atomic E-state index is 0.223. The first-order valence-corrected chi connectivity index (χ1v) is 11.5. The van der Waals surface area contributed by atoms with Crippen molar-refractivity contribution < 1.29 is 37.0 Å². The number of halogens is 3. The zero-order chi connectivity index (χ0) is 28.7. The second-order valence-corrected chi connectivity index (χ2v) is 8.06. The molecule has 0 atom stereocenters. The summed E-state index contributed by atoms with van der Waals surface area (Å²) >= 11 is 0. The van der Waals surface area contributed by atoms with E-state index in [0.29, 0.717) is 39.4 Å². The van der Waals surface area contributed by atoms with Crippen molar-refractivity contribution >= 4 is 40.2 Å². The maximum atomic E-state index is 12.5. The smallest absolute Gasteiger partial charge is 0.490 e. The first-order chi connectivity index (χ1) is 18.4. The Labute approximate surface area is 220 Å². The van der Waals surface area contributed by atoms with E-state index in [1.165, 1.54) is 13.2 Å². The normalized spacial score (nSPS) is 11.0. The van der Waals surface area contributed by atoms with Crippen LogP contribution in [-0.2, 0) is 16.1 Å². The van der Waals surface area contributed by atoms with Crippen LogP contribution in [0.2, 0.25) is 0 Å². The number of nitrogens with one attached hydrogen (secondary N) is 3. The van der Waals surface area contributed by atoms with Crippen molar-refractivity contribution in [2.75, 3.05) is 24.4 Å². The minimum atomic E-state index is -5.08. The number of H-pyrrole nitrogens is 1. The Morgan fingerprint density at radius 3 is 2.51 bits per heavy atom. The molecule has 11 nitrogen and oxygen atoms in total. The van der Waals surface area contributed by atoms with Crippen molar-refractivity contribution in [3.05, 3.63) is 63.8 Å². The van der Waals surface area contributed by atoms with Gasteiger partial charge in [0.25, 0.3) is 0 Å². The van der Waals surface area contributed by atoms with Gasteiger partial charge in [-0.15, -0.1) is 0 Å². The summed E-state index contributed by atoms with van der Waals surface area (Å²) in [5.74, 6) is -1.88. The number of rotatable bonds is 7. The standard InChI is InChI=1S/C23H20F3N5O5.C2H6O/c1-11-6-14(8-18(34-3)15(11)10-35-20(32)23(24,25)26)29-21-27-9-12(2)19(31-21)28-13-4-5-17-16(7-13)30-22(33)36-17;1-2-3/h4-9H,10H2,1-3H3,(H,30,33)(H2,27,28,29,31);3H,2H2,1H3. The van der Waals surface area contributed by atoms with Crippen LogP contribution in [-0.4, -0.2) is 45.9 Å². The molecule has 0 aliphatic carbocycles. The number of oxazole rings is 1. The SMILES string of the molecule is CCO.COc1cc(Nc2ncc(C)c(Nc3ccc4oc(=O)[nH]c4c3)n2)cc(C)c1COC(=O)C(F)(F)F. The molecular weight excluding hydrogens is 523 g/mol. The molecule has 4 N–H and O–H groups in total. The van der Waals surface area contributed by atoms with Gasteiger partial charge in [0.2, 0.25) is 5.95 Å². The Morgan fingerprint density at radius 2 is 1.85 bits per heavy atom. The highest BCUT2D eigenvalue weighted by Gasteiger charge is 2.41. The third kappa shape index (κ3) is 7.47. The van der Waals surface area contributed by atoms with Crippen LogP contribution < -0.4 is 21.1 Å². The predicted molar refractivity (Wildman–Crippen MR) is 137 cm³/mol. The fourth-order valence-corrected chi connectivity index (χ4v) is 3.37. The maximum absolute atomic E-state index is 12.5. The summed E-state index contributed by atoms with van der Waals surface area (Å²) in [7, 11) is 1.35. The average molecular weight is 550 g/mol. The zero-order valence-corrected chi connectivity index (χ0v) is 21.4. The molecule has 0 spiro atoms. The number of carbonyl (C=O) groups excluding carboxylic acids is 1. The number of hydrogen-bond donors (Lipinski definition) is 4. The fourth-order valence-electron chi connectivity index (χ4n) is 3.37. The third-order valence-corrected chi connectivity index (χ3v) is 5.14. The van der Waals surface area contributed by atoms with Gasteiger partial charge < -0.3 is 29.6 Å². The Kier molecular flexibility index (Phi) is 9.14. The second-order valence-electron chi connectivity index (χ2n) is 8.06. The Morgan fingerprint density at radius 1 is 1.13 bits per heavy atom. The van der Waals surface area contributed by atoms with Crippen LogP contribution in [0, 0.1) is 13.8 Å². The highest BCUT2D eigenvalue weighted by Crippen LogP contribution is 2.30. The molecule has 208 valence electrons. The van der Waals surface area contributed by atoms with E-state index in [4.69, 9.17) is 14.3 Å². The van der Waals surface area contributed by atoms with Gasteiger partial charge in [0.15, 0.2) is 5.58 Å². The Balaban J connectivity index is 0.00000134. The summed E-state index contributed by atoms with van der Waals surface area (Å²) in [4.78, 5) is 33.8. The zero-order valence-electron chi connectivity index (χ0n) is 21.4. The van der Waals surface area contributed by atoms with Gasteiger partial charge in [0.1, 0.15) is 18.2 Å². The number of aliphatic hydroxyl groups is 1. The molecule has 0 saturated heterocycles. The van der Waals surface area contributed by atoms with E-state index >= 15 is 0 Å². The van der Waals surface area contributed by atoms with Gasteiger partial charge in [-0.05, 0) is 50.6 Å². The summed E-state index contributed by atoms with van der Waals surface area (Å²) < 4.78 is 52.0. The highest BCUT2D eigenvalue weighted by atomic mass is 19.4. The number of ether oxygens (including phenoxy) is 2. The summed E-state index contributed by atoms with van der Waals surface area (Å²) in [5, 5.41) is 13.8. The van der Waals surface area contributed by atoms with Crippen LogP contribution in [0.15, 0.2) is 45.7 Å². The van der Waals surface area contributed by atoms with Crippen LogP contribution in [0.1, 0.15) is 23.6 Å². The van der Waals surface area contributed by atoms with Gasteiger partial charge in [-0.3, -0.25) is 4.98 Å². The van der Waals surface area contributed by atoms with Crippen molar-refractivity contribution in [1.29, 1.82) is 0 Å². The molecule has 4 rings (SSSR count). The molecule has 0 radical (unpaired) electrons. The van der Waals surface area contributed by atoms with Crippen molar-refractivity contribution in [2.45, 2.75) is 33.6 Å². The van der Waals surface area contributed by atoms with Crippen LogP contribution >= 0.6 is 0 Å². The summed E-state index contributed by atoms with van der Waals surface area (Å²) in [6, 6.07) is 8.25. The van der Waals surface area contributed by atoms with Crippen LogP contribution in [0.5, 0.6) is 5.75 Å². The number of aromatic nitrogens is 3. The summed E-state index contributed by atoms with van der Waals surface area (Å²) in [6.45, 7) is 4.79. The van der Waals surface area contributed by atoms with Gasteiger partial charge in [0, 0.05) is 41.4 Å². The van der Waals surface area contributed by atoms with Gasteiger partial charge >= 0.3 is 17.9 Å². The number of carbonyl (C=O) groups is 1. The largest absolute Gasteiger partial charge is 0.496 e. The molecule has 0 unspecified atom stereocenters. The highest BCUT2D eigenvalue weighted by molar-refractivity contribution is 5.78. The second kappa shape index (κ2) is 12.3. The van der Waals surface area contributed by atoms with Crippen molar-refractivity contribution in [2.24, 2.45) is 0 Å². The molecule has 0 fully saturated rings. The average Bonchev–Trinajstić information content (AvgIpc) is 3.24. The lowest BCUT2D eigenvalue weighted by Gasteiger charge is -2.16. The number of hydrogen-bond acceptors (Lipinski definition) is 10. The van der Waals surface area contributed by atoms with Gasteiger partial charge in [0.05, 0.1) is 12.6 Å². The fraction of sp³-hybridized carbons (Fsp3) is 0.280. The first-order valence-electron chi connectivity index (χ1n) is 11.5. The molecule has 14 heteroatoms. The lowest BCUT2D eigenvalue weighted by atomic mass is 10.1. The molecule has 39 heavy (non-hydrogen) atoms. The Hall–Kier alpha value is -4.59. The van der Waals surface area contributed by atoms with Crippen molar-refractivity contribution in [3.8, 4) is 5.75 Å². The molecule has 0 amide bonds. The van der Waals surface area contributed by atoms with E-state index in [2.05, 4.69) is 30.3 Å². The Bertz CT molecular complexity index is 1520. The number of nitrogens with zero attached hydrogens (tertiary/aromatic N) is 2. The maximum Gasteiger partial charge on any atom is 0.490 e. The van der Waals surface area contributed by atoms with Crippen LogP contribution in [0.25, 0.3) is 11.1 Å². The van der Waals surface area contributed by atoms with Gasteiger partial charge in [-0.2, -0.15) is 18.2 Å². The number of alkyl halides is 3. The topological polar surface area (TPSA) is 152 Å². The third-order valence-electron chi connectivity index (χ3n) is 5.14. The first kappa shape index (κ1) is 29.0. The number of aliphatic hydroxyl groups excluding tert-OH is 1. The minimum Gasteiger partial charge on any atom is -0.496 e. The summed E-state index contributed by atoms with van der Waals surface area (Å²) in [5.41, 5.74) is 3.68. The van der Waals surface area contributed by atoms with E-state index < -0.39 is 24.5 Å². The van der Waals surface area contributed by atoms with Crippen LogP contribution in [0.4, 0.5) is 36.3 Å². The molecule has 0 bridgehead atoms.